The summed E-state index contributed by atoms with van der Waals surface area (Å²) in [7, 11) is 0. The summed E-state index contributed by atoms with van der Waals surface area (Å²) >= 11 is 6.23. The SMILES string of the molecule is CC(=O)NC1CCCN(c2ccn[nH]2)C1.CC(=O)N[C@@H]1CCCN(c2ccn(-c3cc(-c4c(F)cccc4C#N)nc4c3C(=O)N(C(=O)OC(C)(C)C)C4)n2)C1.CC(=O)N[C@@H]1CCCN(c2ccn[nH]2)C1.CC(=O)N[C@@H]1CCCN(c2ccn[nH]2)C1.CC(=O)N[C@H]1CCCN(c2ccn[nH]2)C1.CC(C)(C)OC(=O)N1Cc2nc(-c3c(F)cccc3C#N)cc(Cl)c2C1=O. The molecule has 9 amide bonds. The number of piperidine rings is 5. The number of ether oxygens (including phenoxy) is 2. The molecule has 14 heterocycles. The minimum atomic E-state index is -0.831. The molecule has 5 saturated heterocycles. The number of rotatable bonds is 13. The number of hydrogen-bond acceptors (Lipinski definition) is 25. The number of benzene rings is 2. The van der Waals surface area contributed by atoms with Gasteiger partial charge in [0, 0.05) is 167 Å². The molecule has 0 bridgehead atoms. The van der Waals surface area contributed by atoms with Crippen LogP contribution >= 0.6 is 11.6 Å². The number of halogens is 3. The number of H-pyrrole nitrogens is 4. The zero-order valence-electron chi connectivity index (χ0n) is 73.6. The molecule has 1 unspecified atom stereocenters. The zero-order valence-corrected chi connectivity index (χ0v) is 74.3. The summed E-state index contributed by atoms with van der Waals surface area (Å²) in [5.74, 6) is 2.34. The number of aromatic nitrogens is 12. The Morgan fingerprint density at radius 2 is 0.773 bits per heavy atom. The van der Waals surface area contributed by atoms with Gasteiger partial charge in [0.25, 0.3) is 11.8 Å². The zero-order chi connectivity index (χ0) is 92.1. The molecule has 9 aromatic rings. The summed E-state index contributed by atoms with van der Waals surface area (Å²) in [6.07, 6.45) is 17.4. The van der Waals surface area contributed by atoms with Gasteiger partial charge in [-0.1, -0.05) is 23.7 Å². The Balaban J connectivity index is 0.000000158. The van der Waals surface area contributed by atoms with Crippen LogP contribution in [0.1, 0.15) is 184 Å². The Kier molecular flexibility index (Phi) is 32.1. The van der Waals surface area contributed by atoms with E-state index in [1.54, 1.807) is 106 Å². The molecule has 9 N–H and O–H groups in total. The molecular formula is C88H109ClF2N26O11. The van der Waals surface area contributed by atoms with Crippen LogP contribution in [0.2, 0.25) is 5.02 Å². The standard InChI is InChI=1S/C29H30FN7O4.C19H15ClFN3O3.4C10H16N4O/c1-17(38)32-19-8-6-11-35(15-19)24-10-12-37(34-24)23-13-21(25-18(14-31)7-5-9-20(25)30)33-22-16-36(27(39)26(22)23)28(40)41-29(2,3)4;1-19(2,3)27-18(26)24-9-14-16(17(24)25)11(20)7-13(23-14)15-10(8-22)5-4-6-12(15)21;4*1-8(15)12-9-3-2-6-14(7-9)10-4-5-11-13-10/h5,7,9-10,12-13,19H,6,8,11,15-16H2,1-4H3,(H,32,38);4-7H,9H2,1-3H3;4*4-5,9H,2-3,6-7H2,1H3,(H,11,13)(H,12,15)/t19-;;3*9-;/m1.110./s1. The van der Waals surface area contributed by atoms with E-state index in [-0.39, 0.29) is 140 Å². The summed E-state index contributed by atoms with van der Waals surface area (Å²) in [5, 5.41) is 65.9. The molecule has 0 spiro atoms. The quantitative estimate of drug-likeness (QED) is 0.0518. The largest absolute Gasteiger partial charge is 0.443 e. The van der Waals surface area contributed by atoms with Crippen molar-refractivity contribution in [2.75, 3.05) is 89.9 Å². The third kappa shape index (κ3) is 25.9. The smallest absolute Gasteiger partial charge is 0.417 e. The highest BCUT2D eigenvalue weighted by Crippen LogP contribution is 2.38. The van der Waals surface area contributed by atoms with Crippen molar-refractivity contribution < 1.29 is 61.4 Å². The van der Waals surface area contributed by atoms with E-state index in [1.807, 2.05) is 41.3 Å². The van der Waals surface area contributed by atoms with Gasteiger partial charge in [-0.3, -0.25) is 54.0 Å². The van der Waals surface area contributed by atoms with Crippen LogP contribution in [0, 0.1) is 34.3 Å². The normalized spacial score (nSPS) is 18.2. The first kappa shape index (κ1) is 94.8. The summed E-state index contributed by atoms with van der Waals surface area (Å²) in [5.41, 5.74) is -0.248. The molecule has 5 fully saturated rings. The van der Waals surface area contributed by atoms with Gasteiger partial charge in [0.2, 0.25) is 29.5 Å². The number of nitriles is 2. The lowest BCUT2D eigenvalue weighted by atomic mass is 10.0. The highest BCUT2D eigenvalue weighted by Gasteiger charge is 2.42. The summed E-state index contributed by atoms with van der Waals surface area (Å²) < 4.78 is 41.5. The number of carbonyl (C=O) groups excluding carboxylic acids is 9. The molecule has 2 aromatic carbocycles. The van der Waals surface area contributed by atoms with Crippen LogP contribution in [0.5, 0.6) is 0 Å². The Morgan fingerprint density at radius 1 is 0.453 bits per heavy atom. The number of nitrogens with zero attached hydrogens (tertiary/aromatic N) is 17. The topological polar surface area (TPSA) is 461 Å². The predicted octanol–water partition coefficient (Wildman–Crippen LogP) is 10.3. The van der Waals surface area contributed by atoms with Gasteiger partial charge in [-0.2, -0.15) is 36.0 Å². The van der Waals surface area contributed by atoms with Crippen LogP contribution < -0.4 is 51.1 Å². The summed E-state index contributed by atoms with van der Waals surface area (Å²) in [6.45, 7) is 26.4. The maximum atomic E-state index is 15.0. The number of aromatic amines is 4. The van der Waals surface area contributed by atoms with Gasteiger partial charge in [0.1, 0.15) is 46.1 Å². The molecule has 5 atom stereocenters. The molecule has 678 valence electrons. The van der Waals surface area contributed by atoms with Crippen molar-refractivity contribution in [2.24, 2.45) is 0 Å². The number of anilines is 5. The van der Waals surface area contributed by atoms with Crippen LogP contribution in [0.25, 0.3) is 28.2 Å². The van der Waals surface area contributed by atoms with Crippen molar-refractivity contribution in [1.29, 1.82) is 10.5 Å². The minimum Gasteiger partial charge on any atom is -0.443 e. The van der Waals surface area contributed by atoms with E-state index in [2.05, 4.69) is 96.9 Å². The molecule has 40 heteroatoms. The molecule has 7 aromatic heterocycles. The summed E-state index contributed by atoms with van der Waals surface area (Å²) in [4.78, 5) is 128. The van der Waals surface area contributed by atoms with Gasteiger partial charge >= 0.3 is 12.2 Å². The number of hydrogen-bond donors (Lipinski definition) is 9. The molecule has 16 rings (SSSR count). The second-order valence-corrected chi connectivity index (χ2v) is 34.2. The van der Waals surface area contributed by atoms with E-state index >= 15 is 4.39 Å². The van der Waals surface area contributed by atoms with Gasteiger partial charge in [-0.05, 0) is 142 Å². The summed E-state index contributed by atoms with van der Waals surface area (Å²) in [6, 6.07) is 25.6. The van der Waals surface area contributed by atoms with E-state index in [1.165, 1.54) is 60.1 Å². The van der Waals surface area contributed by atoms with Crippen molar-refractivity contribution in [3.05, 3.63) is 160 Å². The van der Waals surface area contributed by atoms with Gasteiger partial charge in [0.05, 0.1) is 117 Å². The molecule has 128 heavy (non-hydrogen) atoms. The predicted molar refractivity (Wildman–Crippen MR) is 473 cm³/mol. The Hall–Kier alpha value is -13.9. The van der Waals surface area contributed by atoms with Crippen molar-refractivity contribution >= 4 is 94.2 Å². The Labute approximate surface area is 744 Å². The lowest BCUT2D eigenvalue weighted by Gasteiger charge is -2.33. The maximum absolute atomic E-state index is 15.0. The molecule has 7 aliphatic heterocycles. The van der Waals surface area contributed by atoms with Crippen molar-refractivity contribution in [3.8, 4) is 40.3 Å². The molecule has 0 saturated carbocycles. The number of pyridine rings is 2. The molecule has 0 radical (unpaired) electrons. The van der Waals surface area contributed by atoms with Crippen LogP contribution in [0.3, 0.4) is 0 Å². The number of carbonyl (C=O) groups is 9. The molecule has 37 nitrogen and oxygen atoms in total. The second-order valence-electron chi connectivity index (χ2n) is 33.8. The van der Waals surface area contributed by atoms with E-state index < -0.39 is 46.8 Å². The van der Waals surface area contributed by atoms with Gasteiger partial charge in [-0.25, -0.2) is 42.8 Å². The van der Waals surface area contributed by atoms with Crippen LogP contribution in [0.15, 0.2) is 110 Å². The second kappa shape index (κ2) is 43.4. The van der Waals surface area contributed by atoms with E-state index in [9.17, 15) is 58.1 Å². The third-order valence-corrected chi connectivity index (χ3v) is 21.6. The Morgan fingerprint density at radius 3 is 1.09 bits per heavy atom. The fraction of sp³-hybridized carbons (Fsp3) is 0.455. The fourth-order valence-corrected chi connectivity index (χ4v) is 16.3. The van der Waals surface area contributed by atoms with Gasteiger partial charge in [-0.15, -0.1) is 0 Å². The monoisotopic (exact) mass is 1780 g/mol. The van der Waals surface area contributed by atoms with Crippen LogP contribution in [-0.2, 0) is 46.5 Å². The molecule has 0 aliphatic carbocycles. The van der Waals surface area contributed by atoms with E-state index in [0.29, 0.717) is 12.4 Å². The number of fused-ring (bicyclic) bond motifs is 2. The van der Waals surface area contributed by atoms with Gasteiger partial charge < -0.3 is 60.6 Å². The van der Waals surface area contributed by atoms with E-state index in [4.69, 9.17) is 26.2 Å². The number of nitrogens with one attached hydrogen (secondary N) is 9. The first-order chi connectivity index (χ1) is 61.1. The minimum absolute atomic E-state index is 0.00660. The Bertz CT molecular complexity index is 5190. The van der Waals surface area contributed by atoms with Crippen molar-refractivity contribution in [1.82, 2.24) is 96.9 Å². The van der Waals surface area contributed by atoms with Crippen molar-refractivity contribution in [2.45, 2.75) is 195 Å². The maximum Gasteiger partial charge on any atom is 0.417 e. The average molecular weight is 1780 g/mol. The van der Waals surface area contributed by atoms with Crippen LogP contribution in [0.4, 0.5) is 47.5 Å². The number of imide groups is 2. The van der Waals surface area contributed by atoms with Crippen LogP contribution in [-0.4, -0.2) is 231 Å². The first-order valence-corrected chi connectivity index (χ1v) is 42.8. The van der Waals surface area contributed by atoms with Gasteiger partial charge in [0.15, 0.2) is 5.82 Å². The van der Waals surface area contributed by atoms with E-state index in [0.717, 1.165) is 156 Å². The highest BCUT2D eigenvalue weighted by atomic mass is 35.5. The first-order valence-electron chi connectivity index (χ1n) is 42.4. The molecular weight excluding hydrogens is 1670 g/mol. The molecule has 7 aliphatic rings. The average Bonchev–Trinajstić information content (AvgIpc) is 1.59. The third-order valence-electron chi connectivity index (χ3n) is 21.3. The lowest BCUT2D eigenvalue weighted by Crippen LogP contribution is -2.47. The fourth-order valence-electron chi connectivity index (χ4n) is 16.0. The number of amides is 9. The lowest BCUT2D eigenvalue weighted by molar-refractivity contribution is -0.120. The highest BCUT2D eigenvalue weighted by molar-refractivity contribution is 6.35. The van der Waals surface area contributed by atoms with Crippen molar-refractivity contribution in [3.63, 3.8) is 0 Å².